The van der Waals surface area contributed by atoms with Gasteiger partial charge < -0.3 is 4.57 Å². The van der Waals surface area contributed by atoms with Gasteiger partial charge in [-0.3, -0.25) is 0 Å². The number of benzene rings is 1. The van der Waals surface area contributed by atoms with Gasteiger partial charge in [0.25, 0.3) is 0 Å². The number of pyridine rings is 1. The van der Waals surface area contributed by atoms with Gasteiger partial charge in [-0.2, -0.15) is 18.4 Å². The van der Waals surface area contributed by atoms with E-state index in [2.05, 4.69) is 16.0 Å². The van der Waals surface area contributed by atoms with Crippen LogP contribution in [0.2, 0.25) is 0 Å². The van der Waals surface area contributed by atoms with Crippen molar-refractivity contribution in [2.75, 3.05) is 5.75 Å². The predicted octanol–water partition coefficient (Wildman–Crippen LogP) is 4.00. The number of alkyl halides is 3. The maximum Gasteiger partial charge on any atom is 0.417 e. The van der Waals surface area contributed by atoms with Crippen LogP contribution in [0.15, 0.2) is 35.4 Å². The summed E-state index contributed by atoms with van der Waals surface area (Å²) in [5.41, 5.74) is -0.493. The minimum atomic E-state index is -4.56. The number of aromatic nitrogens is 3. The lowest BCUT2D eigenvalue weighted by Crippen LogP contribution is -2.11. The molecule has 0 saturated heterocycles. The Labute approximate surface area is 170 Å². The molecular weight excluding hydrogens is 417 g/mol. The van der Waals surface area contributed by atoms with Crippen molar-refractivity contribution in [3.8, 4) is 17.5 Å². The van der Waals surface area contributed by atoms with Crippen LogP contribution in [0.25, 0.3) is 22.6 Å². The molecule has 2 heterocycles. The highest BCUT2D eigenvalue weighted by atomic mass is 32.2. The van der Waals surface area contributed by atoms with Crippen LogP contribution in [0.4, 0.5) is 13.2 Å². The van der Waals surface area contributed by atoms with E-state index in [0.717, 1.165) is 12.3 Å². The Morgan fingerprint density at radius 3 is 2.53 bits per heavy atom. The number of hydrogen-bond acceptors (Lipinski definition) is 5. The molecule has 10 heteroatoms. The van der Waals surface area contributed by atoms with Gasteiger partial charge in [0.15, 0.2) is 15.5 Å². The molecule has 1 aliphatic rings. The number of halogens is 3. The van der Waals surface area contributed by atoms with Gasteiger partial charge in [-0.1, -0.05) is 13.0 Å². The molecule has 1 aromatic carbocycles. The number of nitrogens with zero attached hydrogens (tertiary/aromatic N) is 4. The largest absolute Gasteiger partial charge is 0.417 e. The van der Waals surface area contributed by atoms with Crippen LogP contribution in [0, 0.1) is 11.3 Å². The summed E-state index contributed by atoms with van der Waals surface area (Å²) in [5.74, 6) is 0.0286. The van der Waals surface area contributed by atoms with Gasteiger partial charge in [0.1, 0.15) is 11.3 Å². The average molecular weight is 434 g/mol. The Balaban J connectivity index is 1.95. The molecule has 0 aliphatic heterocycles. The SMILES string of the molecule is CCS(=O)(=O)c1cc(C2(C#N)CC2)ccc1-c1nc2cc(C(F)(F)F)cnc2n1C. The average Bonchev–Trinajstić information content (AvgIpc) is 3.45. The Hall–Kier alpha value is -2.93. The summed E-state index contributed by atoms with van der Waals surface area (Å²) in [5, 5.41) is 9.46. The molecule has 3 aromatic rings. The van der Waals surface area contributed by atoms with Gasteiger partial charge in [0, 0.05) is 18.8 Å². The van der Waals surface area contributed by atoms with Crippen molar-refractivity contribution >= 4 is 21.0 Å². The zero-order chi connectivity index (χ0) is 21.9. The molecule has 2 aromatic heterocycles. The maximum absolute atomic E-state index is 13.0. The van der Waals surface area contributed by atoms with Gasteiger partial charge in [-0.25, -0.2) is 18.4 Å². The van der Waals surface area contributed by atoms with E-state index < -0.39 is 27.0 Å². The number of hydrogen-bond donors (Lipinski definition) is 0. The summed E-state index contributed by atoms with van der Waals surface area (Å²) in [4.78, 5) is 8.15. The lowest BCUT2D eigenvalue weighted by Gasteiger charge is -2.14. The number of imidazole rings is 1. The standard InChI is InChI=1S/C20H17F3N4O2S/c1-3-30(28,29)16-9-12(19(11-24)6-7-19)4-5-14(16)17-26-15-8-13(20(21,22)23)10-25-18(15)27(17)2/h4-5,8-10H,3,6-7H2,1-2H3. The molecule has 0 radical (unpaired) electrons. The molecule has 1 aliphatic carbocycles. The van der Waals surface area contributed by atoms with E-state index in [9.17, 15) is 26.9 Å². The molecule has 30 heavy (non-hydrogen) atoms. The molecule has 156 valence electrons. The molecule has 0 atom stereocenters. The van der Waals surface area contributed by atoms with E-state index in [1.807, 2.05) is 0 Å². The number of rotatable bonds is 4. The molecule has 1 fully saturated rings. The summed E-state index contributed by atoms with van der Waals surface area (Å²) < 4.78 is 66.2. The molecule has 0 spiro atoms. The predicted molar refractivity (Wildman–Crippen MR) is 103 cm³/mol. The quantitative estimate of drug-likeness (QED) is 0.619. The molecule has 0 bridgehead atoms. The second kappa shape index (κ2) is 6.54. The van der Waals surface area contributed by atoms with Crippen LogP contribution in [0.3, 0.4) is 0 Å². The number of nitriles is 1. The molecule has 6 nitrogen and oxygen atoms in total. The molecule has 4 rings (SSSR count). The van der Waals surface area contributed by atoms with Crippen LogP contribution in [0.5, 0.6) is 0 Å². The van der Waals surface area contributed by atoms with Crippen LogP contribution >= 0.6 is 0 Å². The van der Waals surface area contributed by atoms with E-state index in [4.69, 9.17) is 0 Å². The van der Waals surface area contributed by atoms with Gasteiger partial charge in [-0.15, -0.1) is 0 Å². The Morgan fingerprint density at radius 1 is 1.27 bits per heavy atom. The van der Waals surface area contributed by atoms with Gasteiger partial charge in [0.2, 0.25) is 0 Å². The summed E-state index contributed by atoms with van der Waals surface area (Å²) in [6.07, 6.45) is -2.52. The maximum atomic E-state index is 13.0. The lowest BCUT2D eigenvalue weighted by atomic mass is 9.96. The third kappa shape index (κ3) is 3.13. The van der Waals surface area contributed by atoms with Gasteiger partial charge >= 0.3 is 6.18 Å². The number of fused-ring (bicyclic) bond motifs is 1. The van der Waals surface area contributed by atoms with E-state index in [1.54, 1.807) is 19.2 Å². The summed E-state index contributed by atoms with van der Waals surface area (Å²) in [6.45, 7) is 1.51. The Bertz CT molecular complexity index is 1320. The van der Waals surface area contributed by atoms with Crippen LogP contribution < -0.4 is 0 Å². The second-order valence-corrected chi connectivity index (χ2v) is 9.61. The highest BCUT2D eigenvalue weighted by Crippen LogP contribution is 2.48. The highest BCUT2D eigenvalue weighted by Gasteiger charge is 2.45. The van der Waals surface area contributed by atoms with Crippen molar-refractivity contribution in [2.24, 2.45) is 7.05 Å². The molecule has 0 unspecified atom stereocenters. The smallest absolute Gasteiger partial charge is 0.312 e. The first-order valence-corrected chi connectivity index (χ1v) is 10.9. The van der Waals surface area contributed by atoms with Crippen LogP contribution in [-0.4, -0.2) is 28.7 Å². The molecular formula is C20H17F3N4O2S. The van der Waals surface area contributed by atoms with Crippen molar-refractivity contribution in [1.29, 1.82) is 5.26 Å². The van der Waals surface area contributed by atoms with Crippen LogP contribution in [0.1, 0.15) is 30.9 Å². The van der Waals surface area contributed by atoms with Crippen molar-refractivity contribution in [3.05, 3.63) is 41.6 Å². The summed E-state index contributed by atoms with van der Waals surface area (Å²) in [6, 6.07) is 7.90. The Kier molecular flexibility index (Phi) is 4.43. The topological polar surface area (TPSA) is 88.6 Å². The second-order valence-electron chi connectivity index (χ2n) is 7.37. The lowest BCUT2D eigenvalue weighted by molar-refractivity contribution is -0.137. The zero-order valence-electron chi connectivity index (χ0n) is 16.2. The third-order valence-corrected chi connectivity index (χ3v) is 7.26. The van der Waals surface area contributed by atoms with Crippen molar-refractivity contribution < 1.29 is 21.6 Å². The monoisotopic (exact) mass is 434 g/mol. The minimum Gasteiger partial charge on any atom is -0.312 e. The molecule has 0 N–H and O–H groups in total. The summed E-state index contributed by atoms with van der Waals surface area (Å²) >= 11 is 0. The fourth-order valence-electron chi connectivity index (χ4n) is 3.48. The Morgan fingerprint density at radius 2 is 1.97 bits per heavy atom. The van der Waals surface area contributed by atoms with Gasteiger partial charge in [-0.05, 0) is 36.6 Å². The minimum absolute atomic E-state index is 0.0125. The van der Waals surface area contributed by atoms with Gasteiger partial charge in [0.05, 0.1) is 27.7 Å². The first-order chi connectivity index (χ1) is 14.0. The van der Waals surface area contributed by atoms with E-state index in [1.165, 1.54) is 17.6 Å². The van der Waals surface area contributed by atoms with Crippen molar-refractivity contribution in [1.82, 2.24) is 14.5 Å². The third-order valence-electron chi connectivity index (χ3n) is 5.49. The van der Waals surface area contributed by atoms with Crippen molar-refractivity contribution in [3.63, 3.8) is 0 Å². The number of aryl methyl sites for hydroxylation is 1. The normalized spacial score (nSPS) is 15.9. The van der Waals surface area contributed by atoms with E-state index >= 15 is 0 Å². The first-order valence-electron chi connectivity index (χ1n) is 9.21. The molecule has 1 saturated carbocycles. The zero-order valence-corrected chi connectivity index (χ0v) is 17.0. The fraction of sp³-hybridized carbons (Fsp3) is 0.350. The summed E-state index contributed by atoms with van der Waals surface area (Å²) in [7, 11) is -2.12. The van der Waals surface area contributed by atoms with Crippen molar-refractivity contribution in [2.45, 2.75) is 36.3 Å². The molecule has 0 amide bonds. The fourth-order valence-corrected chi connectivity index (χ4v) is 4.59. The van der Waals surface area contributed by atoms with Crippen LogP contribution in [-0.2, 0) is 28.5 Å². The van der Waals surface area contributed by atoms with E-state index in [-0.39, 0.29) is 33.2 Å². The van der Waals surface area contributed by atoms with E-state index in [0.29, 0.717) is 18.4 Å². The first kappa shape index (κ1) is 20.3. The number of sulfone groups is 1. The highest BCUT2D eigenvalue weighted by molar-refractivity contribution is 7.91.